The van der Waals surface area contributed by atoms with Gasteiger partial charge in [-0.15, -0.1) is 0 Å². The second-order valence-electron chi connectivity index (χ2n) is 5.96. The molecule has 0 bridgehead atoms. The van der Waals surface area contributed by atoms with E-state index in [1.54, 1.807) is 24.3 Å². The smallest absolute Gasteiger partial charge is 0.313 e. The number of aromatic nitrogens is 2. The predicted molar refractivity (Wildman–Crippen MR) is 91.3 cm³/mol. The topological polar surface area (TPSA) is 81.3 Å². The molecule has 126 valence electrons. The number of carbonyl (C=O) groups excluding carboxylic acids is 1. The Kier molecular flexibility index (Phi) is 3.93. The molecule has 1 aliphatic rings. The zero-order chi connectivity index (χ0) is 17.2. The van der Waals surface area contributed by atoms with Crippen molar-refractivity contribution in [2.45, 2.75) is 13.0 Å². The first-order valence-corrected chi connectivity index (χ1v) is 8.06. The molecule has 6 heteroatoms. The number of rotatable bonds is 3. The maximum absolute atomic E-state index is 12.3. The van der Waals surface area contributed by atoms with Crippen LogP contribution in [0.15, 0.2) is 53.3 Å². The van der Waals surface area contributed by atoms with E-state index in [-0.39, 0.29) is 30.7 Å². The average molecular weight is 336 g/mol. The van der Waals surface area contributed by atoms with Gasteiger partial charge in [0, 0.05) is 0 Å². The van der Waals surface area contributed by atoms with Crippen LogP contribution in [0, 0.1) is 5.92 Å². The molecule has 4 rings (SSSR count). The van der Waals surface area contributed by atoms with Gasteiger partial charge in [-0.1, -0.05) is 30.3 Å². The fourth-order valence-electron chi connectivity index (χ4n) is 2.94. The zero-order valence-corrected chi connectivity index (χ0v) is 13.4. The van der Waals surface area contributed by atoms with Crippen LogP contribution in [0.3, 0.4) is 0 Å². The highest BCUT2D eigenvalue weighted by Crippen LogP contribution is 2.27. The molecule has 0 spiro atoms. The quantitative estimate of drug-likeness (QED) is 0.742. The summed E-state index contributed by atoms with van der Waals surface area (Å²) in [5.74, 6) is 0.425. The summed E-state index contributed by atoms with van der Waals surface area (Å²) in [6.07, 6.45) is 0.580. The number of ether oxygens (including phenoxy) is 2. The molecule has 25 heavy (non-hydrogen) atoms. The molecule has 0 unspecified atom stereocenters. The van der Waals surface area contributed by atoms with E-state index in [4.69, 9.17) is 9.47 Å². The molecule has 0 aliphatic carbocycles. The van der Waals surface area contributed by atoms with Crippen molar-refractivity contribution in [1.82, 2.24) is 9.97 Å². The first-order valence-electron chi connectivity index (χ1n) is 8.06. The molecule has 3 aromatic rings. The van der Waals surface area contributed by atoms with Gasteiger partial charge in [0.1, 0.15) is 24.8 Å². The van der Waals surface area contributed by atoms with Crippen LogP contribution in [0.25, 0.3) is 10.9 Å². The first-order chi connectivity index (χ1) is 12.2. The molecular weight excluding hydrogens is 320 g/mol. The van der Waals surface area contributed by atoms with Crippen molar-refractivity contribution < 1.29 is 14.3 Å². The van der Waals surface area contributed by atoms with E-state index in [0.717, 1.165) is 11.3 Å². The van der Waals surface area contributed by atoms with Crippen LogP contribution in [0.5, 0.6) is 5.75 Å². The second-order valence-corrected chi connectivity index (χ2v) is 5.96. The fourth-order valence-corrected chi connectivity index (χ4v) is 2.94. The Morgan fingerprint density at radius 1 is 1.20 bits per heavy atom. The molecule has 0 saturated heterocycles. The molecule has 2 heterocycles. The van der Waals surface area contributed by atoms with Gasteiger partial charge in [-0.2, -0.15) is 0 Å². The van der Waals surface area contributed by atoms with Crippen molar-refractivity contribution in [2.75, 3.05) is 6.61 Å². The highest BCUT2D eigenvalue weighted by atomic mass is 16.5. The third-order valence-corrected chi connectivity index (χ3v) is 4.23. The SMILES string of the molecule is O=C(OCc1nc2ccccc2c(=O)[nH]1)[C@@H]1COc2ccccc2C1. The van der Waals surface area contributed by atoms with E-state index in [1.165, 1.54) is 0 Å². The number of nitrogens with zero attached hydrogens (tertiary/aromatic N) is 1. The summed E-state index contributed by atoms with van der Waals surface area (Å²) in [5.41, 5.74) is 1.33. The molecule has 0 fully saturated rings. The normalized spacial score (nSPS) is 16.1. The molecule has 2 aromatic carbocycles. The lowest BCUT2D eigenvalue weighted by atomic mass is 9.97. The number of hydrogen-bond acceptors (Lipinski definition) is 5. The number of esters is 1. The Hall–Kier alpha value is -3.15. The van der Waals surface area contributed by atoms with Gasteiger partial charge in [0.2, 0.25) is 0 Å². The molecule has 1 atom stereocenters. The summed E-state index contributed by atoms with van der Waals surface area (Å²) in [5, 5.41) is 0.509. The van der Waals surface area contributed by atoms with Gasteiger partial charge in [-0.3, -0.25) is 9.59 Å². The highest BCUT2D eigenvalue weighted by Gasteiger charge is 2.27. The molecule has 0 saturated carbocycles. The summed E-state index contributed by atoms with van der Waals surface area (Å²) in [4.78, 5) is 31.3. The summed E-state index contributed by atoms with van der Waals surface area (Å²) in [6, 6.07) is 14.7. The van der Waals surface area contributed by atoms with Gasteiger partial charge in [-0.05, 0) is 30.2 Å². The Bertz CT molecular complexity index is 996. The lowest BCUT2D eigenvalue weighted by Gasteiger charge is -2.23. The number of fused-ring (bicyclic) bond motifs is 2. The van der Waals surface area contributed by atoms with Crippen molar-refractivity contribution in [3.63, 3.8) is 0 Å². The molecular formula is C19H16N2O4. The van der Waals surface area contributed by atoms with Gasteiger partial charge in [-0.25, -0.2) is 4.98 Å². The molecule has 6 nitrogen and oxygen atoms in total. The van der Waals surface area contributed by atoms with Gasteiger partial charge in [0.05, 0.1) is 16.8 Å². The molecule has 1 N–H and O–H groups in total. The number of hydrogen-bond donors (Lipinski definition) is 1. The molecule has 0 amide bonds. The Morgan fingerprint density at radius 3 is 2.92 bits per heavy atom. The number of para-hydroxylation sites is 2. The fraction of sp³-hybridized carbons (Fsp3) is 0.211. The van der Waals surface area contributed by atoms with Gasteiger partial charge >= 0.3 is 5.97 Å². The van der Waals surface area contributed by atoms with E-state index in [2.05, 4.69) is 9.97 Å². The summed E-state index contributed by atoms with van der Waals surface area (Å²) in [7, 11) is 0. The van der Waals surface area contributed by atoms with E-state index in [0.29, 0.717) is 23.1 Å². The standard InChI is InChI=1S/C19H16N2O4/c22-18-14-6-2-3-7-15(14)20-17(21-18)11-25-19(23)13-9-12-5-1-4-8-16(12)24-10-13/h1-8,13H,9-11H2,(H,20,21,22)/t13-/m0/s1. The predicted octanol–water partition coefficient (Wildman–Crippen LogP) is 2.22. The van der Waals surface area contributed by atoms with Gasteiger partial charge in [0.25, 0.3) is 5.56 Å². The van der Waals surface area contributed by atoms with E-state index in [1.807, 2.05) is 24.3 Å². The van der Waals surface area contributed by atoms with Crippen LogP contribution in [-0.2, 0) is 22.6 Å². The van der Waals surface area contributed by atoms with Crippen molar-refractivity contribution >= 4 is 16.9 Å². The number of aromatic amines is 1. The van der Waals surface area contributed by atoms with Gasteiger partial charge in [0.15, 0.2) is 0 Å². The third kappa shape index (κ3) is 3.10. The maximum Gasteiger partial charge on any atom is 0.313 e. The number of benzene rings is 2. The third-order valence-electron chi connectivity index (χ3n) is 4.23. The summed E-state index contributed by atoms with van der Waals surface area (Å²) < 4.78 is 10.9. The van der Waals surface area contributed by atoms with Crippen molar-refractivity contribution in [3.05, 3.63) is 70.3 Å². The Balaban J connectivity index is 1.45. The lowest BCUT2D eigenvalue weighted by Crippen LogP contribution is -2.30. The Morgan fingerprint density at radius 2 is 2.00 bits per heavy atom. The summed E-state index contributed by atoms with van der Waals surface area (Å²) in [6.45, 7) is 0.217. The van der Waals surface area contributed by atoms with E-state index < -0.39 is 0 Å². The first kappa shape index (κ1) is 15.4. The highest BCUT2D eigenvalue weighted by molar-refractivity contribution is 5.77. The monoisotopic (exact) mass is 336 g/mol. The Labute approximate surface area is 143 Å². The minimum absolute atomic E-state index is 0.0724. The summed E-state index contributed by atoms with van der Waals surface area (Å²) >= 11 is 0. The number of carbonyl (C=O) groups is 1. The lowest BCUT2D eigenvalue weighted by molar-refractivity contribution is -0.151. The van der Waals surface area contributed by atoms with E-state index >= 15 is 0 Å². The van der Waals surface area contributed by atoms with Crippen LogP contribution in [0.1, 0.15) is 11.4 Å². The number of H-pyrrole nitrogens is 1. The van der Waals surface area contributed by atoms with Crippen LogP contribution >= 0.6 is 0 Å². The van der Waals surface area contributed by atoms with Crippen molar-refractivity contribution in [2.24, 2.45) is 5.92 Å². The minimum atomic E-state index is -0.359. The maximum atomic E-state index is 12.3. The van der Waals surface area contributed by atoms with Crippen LogP contribution in [0.4, 0.5) is 0 Å². The molecule has 1 aromatic heterocycles. The largest absolute Gasteiger partial charge is 0.492 e. The van der Waals surface area contributed by atoms with E-state index in [9.17, 15) is 9.59 Å². The van der Waals surface area contributed by atoms with Crippen LogP contribution < -0.4 is 10.3 Å². The number of nitrogens with one attached hydrogen (secondary N) is 1. The average Bonchev–Trinajstić information content (AvgIpc) is 2.66. The van der Waals surface area contributed by atoms with Crippen molar-refractivity contribution in [3.8, 4) is 5.75 Å². The molecule has 1 aliphatic heterocycles. The second kappa shape index (κ2) is 6.39. The van der Waals surface area contributed by atoms with Crippen LogP contribution in [-0.4, -0.2) is 22.5 Å². The van der Waals surface area contributed by atoms with Gasteiger partial charge < -0.3 is 14.5 Å². The molecule has 0 radical (unpaired) electrons. The zero-order valence-electron chi connectivity index (χ0n) is 13.4. The van der Waals surface area contributed by atoms with Crippen molar-refractivity contribution in [1.29, 1.82) is 0 Å². The van der Waals surface area contributed by atoms with Crippen LogP contribution in [0.2, 0.25) is 0 Å². The minimum Gasteiger partial charge on any atom is -0.492 e.